The molecular weight excluding hydrogens is 1600 g/mol. The molecule has 564 valence electrons. The predicted octanol–water partition coefficient (Wildman–Crippen LogP) is 11.9. The monoisotopic (exact) mass is 1650 g/mol. The Morgan fingerprint density at radius 2 is 0.697 bits per heavy atom. The van der Waals surface area contributed by atoms with Gasteiger partial charge in [-0.3, -0.25) is 13.7 Å². The second-order valence-corrected chi connectivity index (χ2v) is 34.1. The molecule has 11 aromatic rings. The molecule has 11 aromatic carbocycles. The average Bonchev–Trinajstić information content (AvgIpc) is 0.729. The summed E-state index contributed by atoms with van der Waals surface area (Å²) >= 11 is 0. The highest BCUT2D eigenvalue weighted by Crippen LogP contribution is 2.50. The van der Waals surface area contributed by atoms with Crippen LogP contribution in [0.15, 0.2) is 299 Å². The van der Waals surface area contributed by atoms with Gasteiger partial charge in [0.15, 0.2) is 5.75 Å². The zero-order valence-corrected chi connectivity index (χ0v) is 63.1. The molecule has 0 bridgehead atoms. The summed E-state index contributed by atoms with van der Waals surface area (Å²) in [7, 11) is -35.0. The number of hydrogen-bond donors (Lipinski definition) is 3. The van der Waals surface area contributed by atoms with Crippen LogP contribution < -0.4 is 14.2 Å². The third kappa shape index (κ3) is 20.2. The van der Waals surface area contributed by atoms with E-state index in [2.05, 4.69) is 0 Å². The molecule has 3 N–H and O–H groups in total. The highest BCUT2D eigenvalue weighted by atomic mass is 32.2. The van der Waals surface area contributed by atoms with E-state index in [-0.39, 0.29) is 68.5 Å². The minimum Gasteiger partial charge on any atom is -0.457 e. The van der Waals surface area contributed by atoms with Gasteiger partial charge in [-0.15, -0.1) is 37.9 Å². The Balaban J connectivity index is 0.00000106. The second kappa shape index (κ2) is 34.0. The maximum atomic E-state index is 14.1. The zero-order valence-electron chi connectivity index (χ0n) is 55.8. The summed E-state index contributed by atoms with van der Waals surface area (Å²) in [6.45, 7) is 1.86. The van der Waals surface area contributed by atoms with E-state index >= 15 is 0 Å². The molecular formula is C72H54O28S9. The van der Waals surface area contributed by atoms with Crippen molar-refractivity contribution in [1.29, 1.82) is 0 Å². The fourth-order valence-electron chi connectivity index (χ4n) is 11.2. The molecule has 0 saturated heterocycles. The van der Waals surface area contributed by atoms with Crippen molar-refractivity contribution in [1.82, 2.24) is 0 Å². The van der Waals surface area contributed by atoms with E-state index in [4.69, 9.17) is 56.8 Å². The Morgan fingerprint density at radius 3 is 1.07 bits per heavy atom. The Bertz CT molecular complexity index is 6390. The molecule has 0 aromatic heterocycles. The Morgan fingerprint density at radius 1 is 0.358 bits per heavy atom. The molecule has 28 nitrogen and oxygen atoms in total. The number of sulfone groups is 3. The first-order valence-corrected chi connectivity index (χ1v) is 42.5. The molecule has 0 radical (unpaired) electrons. The van der Waals surface area contributed by atoms with Crippen LogP contribution in [-0.2, 0) is 96.4 Å². The van der Waals surface area contributed by atoms with Crippen molar-refractivity contribution < 1.29 is 121 Å². The summed E-state index contributed by atoms with van der Waals surface area (Å²) in [6, 6.07) is 59.4. The first kappa shape index (κ1) is 82.0. The average molecular weight is 1660 g/mol. The lowest BCUT2D eigenvalue weighted by molar-refractivity contribution is 0.105. The molecule has 37 heteroatoms. The van der Waals surface area contributed by atoms with Crippen molar-refractivity contribution in [3.63, 3.8) is 0 Å². The van der Waals surface area contributed by atoms with Gasteiger partial charge in [-0.2, -0.15) is 25.3 Å². The number of fused-ring (bicyclic) bond motifs is 2. The van der Waals surface area contributed by atoms with Gasteiger partial charge in [-0.1, -0.05) is 96.6 Å². The van der Waals surface area contributed by atoms with Gasteiger partial charge in [0.1, 0.15) is 33.6 Å². The van der Waals surface area contributed by atoms with E-state index in [9.17, 15) is 64.2 Å². The lowest BCUT2D eigenvalue weighted by Gasteiger charge is -2.29. The van der Waals surface area contributed by atoms with E-state index in [1.807, 2.05) is 31.2 Å². The van der Waals surface area contributed by atoms with Crippen molar-refractivity contribution in [3.8, 4) is 34.5 Å². The third-order valence-electron chi connectivity index (χ3n) is 16.0. The second-order valence-electron chi connectivity index (χ2n) is 22.8. The summed E-state index contributed by atoms with van der Waals surface area (Å²) in [4.78, 5) is -2.30. The molecule has 0 amide bonds. The van der Waals surface area contributed by atoms with E-state index in [1.165, 1.54) is 164 Å². The molecule has 1 atom stereocenters. The van der Waals surface area contributed by atoms with Gasteiger partial charge < -0.3 is 18.9 Å². The van der Waals surface area contributed by atoms with Crippen LogP contribution in [0.2, 0.25) is 0 Å². The summed E-state index contributed by atoms with van der Waals surface area (Å²) < 4.78 is 292. The summed E-state index contributed by atoms with van der Waals surface area (Å²) in [5, 5.41) is -0.152. The van der Waals surface area contributed by atoms with E-state index in [0.717, 1.165) is 29.3 Å². The van der Waals surface area contributed by atoms with E-state index in [1.54, 1.807) is 55.6 Å². The number of rotatable bonds is 20. The van der Waals surface area contributed by atoms with Gasteiger partial charge >= 0.3 is 31.8 Å². The van der Waals surface area contributed by atoms with Crippen LogP contribution in [0.5, 0.6) is 34.5 Å². The fourth-order valence-corrected chi connectivity index (χ4v) is 16.6. The molecule has 0 aliphatic heterocycles. The van der Waals surface area contributed by atoms with Gasteiger partial charge in [-0.05, 0) is 227 Å². The van der Waals surface area contributed by atoms with Crippen LogP contribution in [0, 0.1) is 6.92 Å². The number of hydrogen-bond acceptors (Lipinski definition) is 25. The maximum absolute atomic E-state index is 14.1. The quantitative estimate of drug-likeness (QED) is 0.0471. The number of ether oxygens (including phenoxy) is 4. The molecule has 0 fully saturated rings. The Labute approximate surface area is 628 Å². The highest BCUT2D eigenvalue weighted by molar-refractivity contribution is 7.92. The van der Waals surface area contributed by atoms with Gasteiger partial charge in [0.2, 0.25) is 29.5 Å². The first-order chi connectivity index (χ1) is 51.3. The van der Waals surface area contributed by atoms with Crippen molar-refractivity contribution in [3.05, 3.63) is 288 Å². The fraction of sp³-hybridized carbons (Fsp3) is 0.0556. The molecule has 1 aliphatic rings. The smallest absolute Gasteiger partial charge is 0.425 e. The van der Waals surface area contributed by atoms with Crippen molar-refractivity contribution >= 4 is 119 Å². The summed E-state index contributed by atoms with van der Waals surface area (Å²) in [5.41, 5.74) is 4.50. The van der Waals surface area contributed by atoms with Crippen molar-refractivity contribution in [2.75, 3.05) is 7.11 Å². The molecule has 0 heterocycles. The number of allylic oxidation sites excluding steroid dienone is 2. The van der Waals surface area contributed by atoms with E-state index < -0.39 is 118 Å². The van der Waals surface area contributed by atoms with Gasteiger partial charge in [0.25, 0.3) is 30.4 Å². The van der Waals surface area contributed by atoms with Gasteiger partial charge in [0, 0.05) is 12.5 Å². The van der Waals surface area contributed by atoms with E-state index in [0.29, 0.717) is 45.8 Å². The molecule has 1 aliphatic carbocycles. The molecule has 109 heavy (non-hydrogen) atoms. The number of methoxy groups -OCH3 is 1. The molecule has 1 unspecified atom stereocenters. The minimum absolute atomic E-state index is 0.0392. The molecule has 12 rings (SSSR count). The molecule has 0 spiro atoms. The summed E-state index contributed by atoms with van der Waals surface area (Å²) in [5.74, 6) is 0.214. The summed E-state index contributed by atoms with van der Waals surface area (Å²) in [6.07, 6.45) is 1.84. The van der Waals surface area contributed by atoms with Gasteiger partial charge in [-0.25, -0.2) is 25.3 Å². The van der Waals surface area contributed by atoms with Crippen LogP contribution in [0.4, 0.5) is 0 Å². The predicted molar refractivity (Wildman–Crippen MR) is 390 cm³/mol. The van der Waals surface area contributed by atoms with Crippen molar-refractivity contribution in [2.45, 2.75) is 63.5 Å². The first-order valence-electron chi connectivity index (χ1n) is 30.7. The van der Waals surface area contributed by atoms with Gasteiger partial charge in [0.05, 0.1) is 45.3 Å². The van der Waals surface area contributed by atoms with Crippen LogP contribution in [-0.4, -0.2) is 109 Å². The zero-order chi connectivity index (χ0) is 79.6. The van der Waals surface area contributed by atoms with Crippen LogP contribution in [0.3, 0.4) is 0 Å². The highest BCUT2D eigenvalue weighted by Gasteiger charge is 2.32. The number of aryl methyl sites for hydroxylation is 1. The lowest BCUT2D eigenvalue weighted by atomic mass is 9.78. The van der Waals surface area contributed by atoms with Crippen LogP contribution >= 0.6 is 0 Å². The largest absolute Gasteiger partial charge is 0.457 e. The lowest BCUT2D eigenvalue weighted by Crippen LogP contribution is -2.11. The van der Waals surface area contributed by atoms with Crippen molar-refractivity contribution in [2.24, 2.45) is 0 Å². The third-order valence-corrected chi connectivity index (χ3v) is 23.9. The maximum Gasteiger partial charge on any atom is 0.425 e. The Kier molecular flexibility index (Phi) is 25.6. The molecule has 0 saturated carbocycles. The normalized spacial score (nSPS) is 13.1. The Hall–Kier alpha value is -11.0. The van der Waals surface area contributed by atoms with Crippen LogP contribution in [0.25, 0.3) is 27.5 Å². The minimum atomic E-state index is -5.39. The standard InChI is InChI=1S/C72H54O19S6.3O3S/c1-46-12-26-54(27-13-46)92(73,74)55-30-16-49(17-31-55)89-50-18-32-56(33-19-50)93(75,76)57-34-20-51(21-35-57)90-52-22-36-58(37-23-52)94(77,78)59-38-24-53(25-39-59)91-72-67-44-61(96(82,83)84)40-41-63(67)66(45-69(72)97(85,86)87)71(47-8-4-3-5-9-47)70(48-14-28-60(29-15-48)95(79,80)81)65-42-43-68(88-2)64-11-7-6-10-62(64)65;3*1-4(2)3/h3-42,44-45,68H,43H2,1-2H3,(H,79,80,81)(H,82,83,84)(H,85,86,87);;;/b71-70+;;;. The topological polar surface area (TPSA) is 456 Å². The number of benzene rings is 11. The van der Waals surface area contributed by atoms with Crippen LogP contribution in [0.1, 0.15) is 45.9 Å². The SMILES string of the molecule is COC1CC=C(/C(=C(\c2ccccc2)c2cc(S(=O)(=O)O)c(Oc3ccc(S(=O)(=O)c4ccc(Oc5ccc(S(=O)(=O)c6ccc(Oc7ccc(S(=O)(=O)c8ccc(C)cc8)cc7)cc6)cc5)cc4)cc3)c3cc(S(=O)(=O)O)ccc23)c2ccc(S(=O)(=O)O)cc2)c2ccccc21.O=S(=O)=O.O=S(=O)=O.O=S(=O)=O.